The Hall–Kier alpha value is -2.56. The summed E-state index contributed by atoms with van der Waals surface area (Å²) in [4.78, 5) is 0. The van der Waals surface area contributed by atoms with Gasteiger partial charge in [-0.05, 0) is 66.2 Å². The van der Waals surface area contributed by atoms with Crippen LogP contribution in [0.3, 0.4) is 0 Å². The standard InChI is InChI=1S/C30H34F4O/c1-2-3-4-5-6-7-21-8-10-22(11-9-21)24-14-18-28-25(20-24)15-19-27(29(28)31)23-12-16-26(17-13-23)35-30(32,33)34/h12-22H,2-11H2,1H3/t21-,22-. The van der Waals surface area contributed by atoms with Gasteiger partial charge < -0.3 is 4.74 Å². The Kier molecular flexibility index (Phi) is 8.35. The summed E-state index contributed by atoms with van der Waals surface area (Å²) in [6, 6.07) is 14.9. The summed E-state index contributed by atoms with van der Waals surface area (Å²) in [5, 5.41) is 1.39. The van der Waals surface area contributed by atoms with Gasteiger partial charge in [0, 0.05) is 10.9 Å². The van der Waals surface area contributed by atoms with Crippen LogP contribution in [0.25, 0.3) is 21.9 Å². The molecule has 0 aromatic heterocycles. The van der Waals surface area contributed by atoms with E-state index in [1.54, 1.807) is 6.07 Å². The number of fused-ring (bicyclic) bond motifs is 1. The minimum Gasteiger partial charge on any atom is -0.406 e. The van der Waals surface area contributed by atoms with Gasteiger partial charge in [0.1, 0.15) is 11.6 Å². The van der Waals surface area contributed by atoms with Crippen molar-refractivity contribution >= 4 is 10.8 Å². The van der Waals surface area contributed by atoms with Crippen LogP contribution >= 0.6 is 0 Å². The lowest BCUT2D eigenvalue weighted by Gasteiger charge is -2.29. The van der Waals surface area contributed by atoms with E-state index in [-0.39, 0.29) is 11.6 Å². The van der Waals surface area contributed by atoms with Crippen molar-refractivity contribution in [3.63, 3.8) is 0 Å². The Labute approximate surface area is 205 Å². The minimum absolute atomic E-state index is 0.321. The highest BCUT2D eigenvalue weighted by atomic mass is 19.4. The molecule has 3 aromatic carbocycles. The van der Waals surface area contributed by atoms with E-state index in [1.165, 1.54) is 94.0 Å². The van der Waals surface area contributed by atoms with Crippen molar-refractivity contribution in [1.29, 1.82) is 0 Å². The molecular formula is C30H34F4O. The molecule has 1 aliphatic rings. The summed E-state index contributed by atoms with van der Waals surface area (Å²) < 4.78 is 56.4. The monoisotopic (exact) mass is 486 g/mol. The maximum Gasteiger partial charge on any atom is 0.573 e. The van der Waals surface area contributed by atoms with Crippen molar-refractivity contribution in [1.82, 2.24) is 0 Å². The molecule has 3 aromatic rings. The lowest BCUT2D eigenvalue weighted by Crippen LogP contribution is -2.16. The Morgan fingerprint density at radius 3 is 2.23 bits per heavy atom. The van der Waals surface area contributed by atoms with Gasteiger partial charge in [-0.15, -0.1) is 13.2 Å². The molecule has 5 heteroatoms. The highest BCUT2D eigenvalue weighted by Crippen LogP contribution is 2.39. The van der Waals surface area contributed by atoms with E-state index in [0.29, 0.717) is 22.4 Å². The zero-order valence-corrected chi connectivity index (χ0v) is 20.3. The largest absolute Gasteiger partial charge is 0.573 e. The van der Waals surface area contributed by atoms with Crippen molar-refractivity contribution in [3.8, 4) is 16.9 Å². The quantitative estimate of drug-likeness (QED) is 0.216. The van der Waals surface area contributed by atoms with Crippen LogP contribution in [0.2, 0.25) is 0 Å². The fourth-order valence-electron chi connectivity index (χ4n) is 5.44. The summed E-state index contributed by atoms with van der Waals surface area (Å²) in [5.74, 6) is 0.699. The number of benzene rings is 3. The van der Waals surface area contributed by atoms with Gasteiger partial charge in [-0.1, -0.05) is 87.9 Å². The van der Waals surface area contributed by atoms with Crippen molar-refractivity contribution < 1.29 is 22.3 Å². The molecule has 0 aliphatic heterocycles. The molecule has 1 saturated carbocycles. The fraction of sp³-hybridized carbons (Fsp3) is 0.467. The molecule has 0 radical (unpaired) electrons. The maximum absolute atomic E-state index is 15.3. The molecule has 188 valence electrons. The number of unbranched alkanes of at least 4 members (excludes halogenated alkanes) is 4. The van der Waals surface area contributed by atoms with Crippen LogP contribution in [0.5, 0.6) is 5.75 Å². The molecule has 1 nitrogen and oxygen atoms in total. The third-order valence-corrected chi connectivity index (χ3v) is 7.41. The first-order valence-corrected chi connectivity index (χ1v) is 12.9. The number of alkyl halides is 3. The minimum atomic E-state index is -4.75. The Balaban J connectivity index is 1.40. The van der Waals surface area contributed by atoms with Crippen LogP contribution in [-0.4, -0.2) is 6.36 Å². The lowest BCUT2D eigenvalue weighted by atomic mass is 9.76. The Morgan fingerprint density at radius 2 is 1.54 bits per heavy atom. The molecule has 0 bridgehead atoms. The fourth-order valence-corrected chi connectivity index (χ4v) is 5.44. The average molecular weight is 487 g/mol. The third kappa shape index (κ3) is 6.77. The van der Waals surface area contributed by atoms with Crippen LogP contribution in [0.4, 0.5) is 17.6 Å². The van der Waals surface area contributed by atoms with E-state index in [0.717, 1.165) is 11.3 Å². The maximum atomic E-state index is 15.3. The van der Waals surface area contributed by atoms with Crippen molar-refractivity contribution in [2.24, 2.45) is 5.92 Å². The summed E-state index contributed by atoms with van der Waals surface area (Å²) in [5.41, 5.74) is 2.15. The number of halogens is 4. The lowest BCUT2D eigenvalue weighted by molar-refractivity contribution is -0.274. The topological polar surface area (TPSA) is 9.23 Å². The Morgan fingerprint density at radius 1 is 0.829 bits per heavy atom. The van der Waals surface area contributed by atoms with Gasteiger partial charge in [-0.2, -0.15) is 0 Å². The van der Waals surface area contributed by atoms with Crippen LogP contribution in [0.1, 0.15) is 82.6 Å². The van der Waals surface area contributed by atoms with Gasteiger partial charge in [0.2, 0.25) is 0 Å². The van der Waals surface area contributed by atoms with Gasteiger partial charge in [-0.3, -0.25) is 0 Å². The first-order chi connectivity index (χ1) is 16.8. The highest BCUT2D eigenvalue weighted by Gasteiger charge is 2.31. The molecule has 4 rings (SSSR count). The molecule has 1 aliphatic carbocycles. The van der Waals surface area contributed by atoms with E-state index >= 15 is 4.39 Å². The van der Waals surface area contributed by atoms with E-state index in [4.69, 9.17) is 0 Å². The number of rotatable bonds is 9. The molecular weight excluding hydrogens is 452 g/mol. The molecule has 0 saturated heterocycles. The van der Waals surface area contributed by atoms with Crippen LogP contribution in [0, 0.1) is 11.7 Å². The zero-order valence-electron chi connectivity index (χ0n) is 20.3. The second kappa shape index (κ2) is 11.5. The van der Waals surface area contributed by atoms with Crippen molar-refractivity contribution in [2.75, 3.05) is 0 Å². The van der Waals surface area contributed by atoms with Crippen molar-refractivity contribution in [3.05, 3.63) is 66.0 Å². The van der Waals surface area contributed by atoms with Gasteiger partial charge in [-0.25, -0.2) is 4.39 Å². The molecule has 0 unspecified atom stereocenters. The normalized spacial score (nSPS) is 18.7. The summed E-state index contributed by atoms with van der Waals surface area (Å²) in [6.45, 7) is 2.25. The summed E-state index contributed by atoms with van der Waals surface area (Å²) in [7, 11) is 0. The zero-order chi connectivity index (χ0) is 24.8. The average Bonchev–Trinajstić information content (AvgIpc) is 2.84. The number of hydrogen-bond donors (Lipinski definition) is 0. The van der Waals surface area contributed by atoms with Crippen LogP contribution in [0.15, 0.2) is 54.6 Å². The predicted molar refractivity (Wildman–Crippen MR) is 134 cm³/mol. The van der Waals surface area contributed by atoms with E-state index in [1.807, 2.05) is 18.2 Å². The van der Waals surface area contributed by atoms with Crippen LogP contribution < -0.4 is 4.74 Å². The van der Waals surface area contributed by atoms with E-state index in [9.17, 15) is 13.2 Å². The number of ether oxygens (including phenoxy) is 1. The SMILES string of the molecule is CCCCCCC[C@H]1CC[C@H](c2ccc3c(F)c(-c4ccc(OC(F)(F)F)cc4)ccc3c2)CC1. The molecule has 35 heavy (non-hydrogen) atoms. The molecule has 0 N–H and O–H groups in total. The van der Waals surface area contributed by atoms with Gasteiger partial charge in [0.05, 0.1) is 0 Å². The molecule has 1 fully saturated rings. The van der Waals surface area contributed by atoms with E-state index < -0.39 is 6.36 Å². The predicted octanol–water partition coefficient (Wildman–Crippen LogP) is 10.2. The van der Waals surface area contributed by atoms with E-state index in [2.05, 4.69) is 17.7 Å². The summed E-state index contributed by atoms with van der Waals surface area (Å²) >= 11 is 0. The second-order valence-electron chi connectivity index (χ2n) is 9.90. The Bertz CT molecular complexity index is 1100. The second-order valence-corrected chi connectivity index (χ2v) is 9.90. The third-order valence-electron chi connectivity index (χ3n) is 7.41. The summed E-state index contributed by atoms with van der Waals surface area (Å²) in [6.07, 6.45) is 8.25. The van der Waals surface area contributed by atoms with Crippen LogP contribution in [-0.2, 0) is 0 Å². The molecule has 0 atom stereocenters. The van der Waals surface area contributed by atoms with Gasteiger partial charge in [0.15, 0.2) is 0 Å². The first kappa shape index (κ1) is 25.5. The van der Waals surface area contributed by atoms with Gasteiger partial charge in [0.25, 0.3) is 0 Å². The molecule has 0 spiro atoms. The molecule has 0 heterocycles. The molecule has 0 amide bonds. The highest BCUT2D eigenvalue weighted by molar-refractivity contribution is 5.89. The first-order valence-electron chi connectivity index (χ1n) is 12.9. The van der Waals surface area contributed by atoms with Crippen molar-refractivity contribution in [2.45, 2.75) is 83.4 Å². The smallest absolute Gasteiger partial charge is 0.406 e. The van der Waals surface area contributed by atoms with Gasteiger partial charge >= 0.3 is 6.36 Å². The number of hydrogen-bond acceptors (Lipinski definition) is 1.